The summed E-state index contributed by atoms with van der Waals surface area (Å²) in [5.74, 6) is 0.954. The standard InChI is InChI=1S/C13H16ClN3O2/c1-8(2)4-5-11-15-16-12-10(14)6-9(7-17(11)12)13(18)19-3/h6-8H,4-5H2,1-3H3. The lowest BCUT2D eigenvalue weighted by atomic mass is 10.1. The molecule has 0 amide bonds. The number of fused-ring (bicyclic) bond motifs is 1. The first kappa shape index (κ1) is 13.8. The number of hydrogen-bond acceptors (Lipinski definition) is 4. The summed E-state index contributed by atoms with van der Waals surface area (Å²) in [5.41, 5.74) is 0.957. The van der Waals surface area contributed by atoms with Crippen molar-refractivity contribution >= 4 is 23.2 Å². The zero-order chi connectivity index (χ0) is 14.0. The molecule has 0 aliphatic heterocycles. The fraction of sp³-hybridized carbons (Fsp3) is 0.462. The van der Waals surface area contributed by atoms with Crippen LogP contribution in [0.2, 0.25) is 5.02 Å². The van der Waals surface area contributed by atoms with Gasteiger partial charge in [0.05, 0.1) is 17.7 Å². The molecule has 0 aliphatic rings. The van der Waals surface area contributed by atoms with Crippen LogP contribution < -0.4 is 0 Å². The Hall–Kier alpha value is -1.62. The average molecular weight is 282 g/mol. The van der Waals surface area contributed by atoms with Gasteiger partial charge in [-0.15, -0.1) is 10.2 Å². The van der Waals surface area contributed by atoms with E-state index in [1.54, 1.807) is 16.7 Å². The number of rotatable bonds is 4. The highest BCUT2D eigenvalue weighted by Gasteiger charge is 2.14. The second-order valence-corrected chi connectivity index (χ2v) is 5.22. The van der Waals surface area contributed by atoms with Crippen molar-refractivity contribution in [2.24, 2.45) is 5.92 Å². The van der Waals surface area contributed by atoms with Crippen LogP contribution in [0.1, 0.15) is 36.5 Å². The van der Waals surface area contributed by atoms with Gasteiger partial charge in [0.25, 0.3) is 0 Å². The van der Waals surface area contributed by atoms with E-state index in [0.29, 0.717) is 22.2 Å². The van der Waals surface area contributed by atoms with E-state index in [1.807, 2.05) is 0 Å². The van der Waals surface area contributed by atoms with E-state index in [4.69, 9.17) is 16.3 Å². The quantitative estimate of drug-likeness (QED) is 0.809. The number of halogens is 1. The molecule has 2 rings (SSSR count). The number of nitrogens with zero attached hydrogens (tertiary/aromatic N) is 3. The molecule has 0 aliphatic carbocycles. The van der Waals surface area contributed by atoms with E-state index in [-0.39, 0.29) is 0 Å². The molecule has 102 valence electrons. The zero-order valence-electron chi connectivity index (χ0n) is 11.2. The summed E-state index contributed by atoms with van der Waals surface area (Å²) in [6, 6.07) is 1.55. The maximum atomic E-state index is 11.6. The minimum absolute atomic E-state index is 0.394. The highest BCUT2D eigenvalue weighted by Crippen LogP contribution is 2.20. The largest absolute Gasteiger partial charge is 0.465 e. The van der Waals surface area contributed by atoms with E-state index < -0.39 is 5.97 Å². The van der Waals surface area contributed by atoms with Crippen LogP contribution in [0.5, 0.6) is 0 Å². The highest BCUT2D eigenvalue weighted by atomic mass is 35.5. The van der Waals surface area contributed by atoms with Gasteiger partial charge < -0.3 is 4.74 Å². The molecule has 0 saturated carbocycles. The lowest BCUT2D eigenvalue weighted by Gasteiger charge is -2.05. The number of aromatic nitrogens is 3. The van der Waals surface area contributed by atoms with Crippen LogP contribution in [-0.4, -0.2) is 27.7 Å². The Morgan fingerprint density at radius 3 is 2.84 bits per heavy atom. The fourth-order valence-corrected chi connectivity index (χ4v) is 2.06. The van der Waals surface area contributed by atoms with Gasteiger partial charge >= 0.3 is 5.97 Å². The molecule has 19 heavy (non-hydrogen) atoms. The van der Waals surface area contributed by atoms with Crippen molar-refractivity contribution in [2.75, 3.05) is 7.11 Å². The van der Waals surface area contributed by atoms with Gasteiger partial charge in [-0.3, -0.25) is 4.40 Å². The first-order chi connectivity index (χ1) is 9.02. The Labute approximate surface area is 116 Å². The summed E-state index contributed by atoms with van der Waals surface area (Å²) in [6.07, 6.45) is 3.46. The monoisotopic (exact) mass is 281 g/mol. The van der Waals surface area contributed by atoms with Crippen LogP contribution in [0.3, 0.4) is 0 Å². The second-order valence-electron chi connectivity index (χ2n) is 4.81. The van der Waals surface area contributed by atoms with Crippen molar-refractivity contribution in [3.8, 4) is 0 Å². The zero-order valence-corrected chi connectivity index (χ0v) is 11.9. The molecule has 0 atom stereocenters. The van der Waals surface area contributed by atoms with Gasteiger partial charge in [-0.1, -0.05) is 25.4 Å². The molecule has 2 aromatic heterocycles. The third-order valence-corrected chi connectivity index (χ3v) is 3.17. The lowest BCUT2D eigenvalue weighted by Crippen LogP contribution is -2.05. The summed E-state index contributed by atoms with van der Waals surface area (Å²) >= 11 is 6.11. The van der Waals surface area contributed by atoms with Crippen LogP contribution >= 0.6 is 11.6 Å². The molecule has 5 nitrogen and oxygen atoms in total. The Kier molecular flexibility index (Phi) is 4.04. The molecule has 0 fully saturated rings. The maximum absolute atomic E-state index is 11.6. The average Bonchev–Trinajstić information content (AvgIpc) is 2.79. The molecule has 0 saturated heterocycles. The number of esters is 1. The van der Waals surface area contributed by atoms with E-state index >= 15 is 0 Å². The topological polar surface area (TPSA) is 56.5 Å². The molecule has 2 heterocycles. The Balaban J connectivity index is 2.44. The van der Waals surface area contributed by atoms with Crippen molar-refractivity contribution < 1.29 is 9.53 Å². The fourth-order valence-electron chi connectivity index (χ4n) is 1.82. The summed E-state index contributed by atoms with van der Waals surface area (Å²) < 4.78 is 6.46. The van der Waals surface area contributed by atoms with E-state index in [2.05, 4.69) is 24.0 Å². The smallest absolute Gasteiger partial charge is 0.339 e. The summed E-state index contributed by atoms with van der Waals surface area (Å²) in [6.45, 7) is 4.30. The Bertz CT molecular complexity index is 607. The SMILES string of the molecule is COC(=O)c1cc(Cl)c2nnc(CCC(C)C)n2c1. The Morgan fingerprint density at radius 1 is 1.47 bits per heavy atom. The van der Waals surface area contributed by atoms with Crippen LogP contribution in [0, 0.1) is 5.92 Å². The molecule has 0 aromatic carbocycles. The van der Waals surface area contributed by atoms with Crippen molar-refractivity contribution in [3.63, 3.8) is 0 Å². The van der Waals surface area contributed by atoms with Crippen LogP contribution in [0.4, 0.5) is 0 Å². The predicted octanol–water partition coefficient (Wildman–Crippen LogP) is 2.76. The van der Waals surface area contributed by atoms with Gasteiger partial charge in [-0.05, 0) is 18.4 Å². The first-order valence-corrected chi connectivity index (χ1v) is 6.52. The predicted molar refractivity (Wildman–Crippen MR) is 72.5 cm³/mol. The van der Waals surface area contributed by atoms with E-state index in [0.717, 1.165) is 18.7 Å². The number of ether oxygens (including phenoxy) is 1. The van der Waals surface area contributed by atoms with Crippen molar-refractivity contribution in [1.82, 2.24) is 14.6 Å². The third-order valence-electron chi connectivity index (χ3n) is 2.90. The molecule has 2 aromatic rings. The molecule has 0 bridgehead atoms. The van der Waals surface area contributed by atoms with E-state index in [9.17, 15) is 4.79 Å². The van der Waals surface area contributed by atoms with Gasteiger partial charge in [-0.25, -0.2) is 4.79 Å². The van der Waals surface area contributed by atoms with Gasteiger partial charge in [0, 0.05) is 12.6 Å². The molecule has 6 heteroatoms. The number of carbonyl (C=O) groups is 1. The minimum Gasteiger partial charge on any atom is -0.465 e. The van der Waals surface area contributed by atoms with Gasteiger partial charge in [0.15, 0.2) is 5.65 Å². The minimum atomic E-state index is -0.424. The lowest BCUT2D eigenvalue weighted by molar-refractivity contribution is 0.0600. The molecular weight excluding hydrogens is 266 g/mol. The van der Waals surface area contributed by atoms with Gasteiger partial charge in [0.1, 0.15) is 5.82 Å². The van der Waals surface area contributed by atoms with Gasteiger partial charge in [-0.2, -0.15) is 0 Å². The normalized spacial score (nSPS) is 11.2. The summed E-state index contributed by atoms with van der Waals surface area (Å²) in [5, 5.41) is 8.58. The molecule has 0 unspecified atom stereocenters. The number of hydrogen-bond donors (Lipinski definition) is 0. The Morgan fingerprint density at radius 2 is 2.21 bits per heavy atom. The van der Waals surface area contributed by atoms with E-state index in [1.165, 1.54) is 7.11 Å². The summed E-state index contributed by atoms with van der Waals surface area (Å²) in [7, 11) is 1.34. The van der Waals surface area contributed by atoms with Gasteiger partial charge in [0.2, 0.25) is 0 Å². The number of carbonyl (C=O) groups excluding carboxylic acids is 1. The maximum Gasteiger partial charge on any atom is 0.339 e. The number of aryl methyl sites for hydroxylation is 1. The van der Waals surface area contributed by atoms with Crippen molar-refractivity contribution in [2.45, 2.75) is 26.7 Å². The number of pyridine rings is 1. The molecule has 0 radical (unpaired) electrons. The summed E-state index contributed by atoms with van der Waals surface area (Å²) in [4.78, 5) is 11.6. The van der Waals surface area contributed by atoms with Crippen LogP contribution in [0.25, 0.3) is 5.65 Å². The van der Waals surface area contributed by atoms with Crippen molar-refractivity contribution in [3.05, 3.63) is 28.7 Å². The molecule has 0 N–H and O–H groups in total. The first-order valence-electron chi connectivity index (χ1n) is 6.14. The third kappa shape index (κ3) is 2.87. The second kappa shape index (κ2) is 5.57. The van der Waals surface area contributed by atoms with Crippen molar-refractivity contribution in [1.29, 1.82) is 0 Å². The number of methoxy groups -OCH3 is 1. The molecular formula is C13H16ClN3O2. The van der Waals surface area contributed by atoms with Crippen LogP contribution in [0.15, 0.2) is 12.3 Å². The van der Waals surface area contributed by atoms with Crippen LogP contribution in [-0.2, 0) is 11.2 Å². The molecule has 0 spiro atoms. The highest BCUT2D eigenvalue weighted by molar-refractivity contribution is 6.33.